The lowest BCUT2D eigenvalue weighted by Crippen LogP contribution is -2.40. The first-order chi connectivity index (χ1) is 9.06. The van der Waals surface area contributed by atoms with Gasteiger partial charge in [0.05, 0.1) is 0 Å². The molecule has 0 bridgehead atoms. The maximum Gasteiger partial charge on any atom is 0.325 e. The van der Waals surface area contributed by atoms with Gasteiger partial charge >= 0.3 is 12.0 Å². The van der Waals surface area contributed by atoms with Crippen LogP contribution in [0, 0.1) is 0 Å². The predicted molar refractivity (Wildman–Crippen MR) is 73.2 cm³/mol. The summed E-state index contributed by atoms with van der Waals surface area (Å²) in [6.45, 7) is 1.41. The zero-order valence-corrected chi connectivity index (χ0v) is 10.4. The lowest BCUT2D eigenvalue weighted by Gasteiger charge is -2.11. The number of hydrogen-bond donors (Lipinski definition) is 3. The molecule has 0 heterocycles. The summed E-state index contributed by atoms with van der Waals surface area (Å²) in [5, 5.41) is 15.7. The summed E-state index contributed by atoms with van der Waals surface area (Å²) in [7, 11) is 0. The van der Waals surface area contributed by atoms with E-state index < -0.39 is 18.0 Å². The summed E-state index contributed by atoms with van der Waals surface area (Å²) in [5.74, 6) is -1.08. The molecule has 2 aromatic carbocycles. The average molecular weight is 258 g/mol. The van der Waals surface area contributed by atoms with Crippen molar-refractivity contribution in [1.29, 1.82) is 0 Å². The van der Waals surface area contributed by atoms with Crippen molar-refractivity contribution in [3.05, 3.63) is 42.5 Å². The molecule has 5 nitrogen and oxygen atoms in total. The minimum Gasteiger partial charge on any atom is -0.480 e. The first-order valence-corrected chi connectivity index (χ1v) is 5.85. The van der Waals surface area contributed by atoms with Crippen molar-refractivity contribution in [2.24, 2.45) is 0 Å². The molecule has 2 aromatic rings. The van der Waals surface area contributed by atoms with Gasteiger partial charge in [-0.1, -0.05) is 30.3 Å². The third-order valence-corrected chi connectivity index (χ3v) is 2.73. The van der Waals surface area contributed by atoms with E-state index in [2.05, 4.69) is 10.6 Å². The van der Waals surface area contributed by atoms with Crippen LogP contribution in [0.15, 0.2) is 42.5 Å². The summed E-state index contributed by atoms with van der Waals surface area (Å²) in [6, 6.07) is 11.8. The van der Waals surface area contributed by atoms with Gasteiger partial charge in [0.1, 0.15) is 6.04 Å². The highest BCUT2D eigenvalue weighted by Crippen LogP contribution is 2.18. The van der Waals surface area contributed by atoms with Gasteiger partial charge in [-0.15, -0.1) is 0 Å². The van der Waals surface area contributed by atoms with E-state index in [1.165, 1.54) is 6.92 Å². The van der Waals surface area contributed by atoms with Crippen LogP contribution >= 0.6 is 0 Å². The van der Waals surface area contributed by atoms with Gasteiger partial charge in [-0.05, 0) is 29.8 Å². The topological polar surface area (TPSA) is 78.4 Å². The molecule has 2 rings (SSSR count). The summed E-state index contributed by atoms with van der Waals surface area (Å²) in [4.78, 5) is 22.2. The summed E-state index contributed by atoms with van der Waals surface area (Å²) >= 11 is 0. The molecule has 3 N–H and O–H groups in total. The maximum absolute atomic E-state index is 11.6. The SMILES string of the molecule is C[C@H](NC(=O)Nc1ccc2ccccc2c1)C(=O)O. The first kappa shape index (κ1) is 12.9. The van der Waals surface area contributed by atoms with Gasteiger partial charge in [-0.3, -0.25) is 4.79 Å². The molecule has 0 spiro atoms. The van der Waals surface area contributed by atoms with Crippen molar-refractivity contribution in [2.45, 2.75) is 13.0 Å². The number of carboxylic acids is 1. The second kappa shape index (κ2) is 5.39. The van der Waals surface area contributed by atoms with E-state index in [1.807, 2.05) is 36.4 Å². The Morgan fingerprint density at radius 3 is 2.47 bits per heavy atom. The molecule has 0 aliphatic heterocycles. The number of amides is 2. The highest BCUT2D eigenvalue weighted by molar-refractivity contribution is 5.95. The van der Waals surface area contributed by atoms with Gasteiger partial charge in [0.15, 0.2) is 0 Å². The van der Waals surface area contributed by atoms with E-state index in [0.717, 1.165) is 10.8 Å². The van der Waals surface area contributed by atoms with E-state index in [0.29, 0.717) is 5.69 Å². The second-order valence-electron chi connectivity index (χ2n) is 4.22. The molecule has 1 atom stereocenters. The van der Waals surface area contributed by atoms with Crippen molar-refractivity contribution in [2.75, 3.05) is 5.32 Å². The minimum atomic E-state index is -1.08. The van der Waals surface area contributed by atoms with Crippen LogP contribution in [-0.2, 0) is 4.79 Å². The summed E-state index contributed by atoms with van der Waals surface area (Å²) < 4.78 is 0. The highest BCUT2D eigenvalue weighted by Gasteiger charge is 2.13. The Morgan fingerprint density at radius 2 is 1.79 bits per heavy atom. The van der Waals surface area contributed by atoms with E-state index in [-0.39, 0.29) is 0 Å². The van der Waals surface area contributed by atoms with Gasteiger partial charge in [0.25, 0.3) is 0 Å². The number of benzene rings is 2. The van der Waals surface area contributed by atoms with Crippen LogP contribution in [0.3, 0.4) is 0 Å². The third-order valence-electron chi connectivity index (χ3n) is 2.73. The van der Waals surface area contributed by atoms with Crippen molar-refractivity contribution >= 4 is 28.5 Å². The van der Waals surface area contributed by atoms with Gasteiger partial charge in [0, 0.05) is 5.69 Å². The van der Waals surface area contributed by atoms with Crippen LogP contribution in [0.1, 0.15) is 6.92 Å². The molecule has 0 aliphatic rings. The van der Waals surface area contributed by atoms with Gasteiger partial charge < -0.3 is 15.7 Å². The maximum atomic E-state index is 11.6. The van der Waals surface area contributed by atoms with E-state index in [1.54, 1.807) is 6.07 Å². The van der Waals surface area contributed by atoms with E-state index in [9.17, 15) is 9.59 Å². The average Bonchev–Trinajstić information content (AvgIpc) is 2.38. The number of anilines is 1. The van der Waals surface area contributed by atoms with E-state index in [4.69, 9.17) is 5.11 Å². The molecule has 0 unspecified atom stereocenters. The highest BCUT2D eigenvalue weighted by atomic mass is 16.4. The lowest BCUT2D eigenvalue weighted by molar-refractivity contribution is -0.138. The normalized spacial score (nSPS) is 11.8. The number of hydrogen-bond acceptors (Lipinski definition) is 2. The van der Waals surface area contributed by atoms with Crippen LogP contribution < -0.4 is 10.6 Å². The smallest absolute Gasteiger partial charge is 0.325 e. The Kier molecular flexibility index (Phi) is 3.66. The predicted octanol–water partition coefficient (Wildman–Crippen LogP) is 2.43. The molecule has 98 valence electrons. The molecule has 0 saturated carbocycles. The molecule has 0 fully saturated rings. The number of carbonyl (C=O) groups is 2. The van der Waals surface area contributed by atoms with Crippen LogP contribution in [0.2, 0.25) is 0 Å². The molecule has 0 aliphatic carbocycles. The second-order valence-corrected chi connectivity index (χ2v) is 4.22. The van der Waals surface area contributed by atoms with Crippen molar-refractivity contribution in [3.8, 4) is 0 Å². The Bertz CT molecular complexity index is 625. The Labute approximate surface area is 110 Å². The number of fused-ring (bicyclic) bond motifs is 1. The van der Waals surface area contributed by atoms with Crippen LogP contribution in [-0.4, -0.2) is 23.1 Å². The molecule has 0 saturated heterocycles. The molecule has 0 radical (unpaired) electrons. The molecular weight excluding hydrogens is 244 g/mol. The Balaban J connectivity index is 2.09. The fourth-order valence-electron chi connectivity index (χ4n) is 1.69. The Hall–Kier alpha value is -2.56. The first-order valence-electron chi connectivity index (χ1n) is 5.85. The van der Waals surface area contributed by atoms with Crippen molar-refractivity contribution in [1.82, 2.24) is 5.32 Å². The number of aliphatic carboxylic acids is 1. The number of carboxylic acid groups (broad SMARTS) is 1. The Morgan fingerprint density at radius 1 is 1.11 bits per heavy atom. The van der Waals surface area contributed by atoms with Crippen molar-refractivity contribution < 1.29 is 14.7 Å². The molecule has 5 heteroatoms. The molecule has 19 heavy (non-hydrogen) atoms. The summed E-state index contributed by atoms with van der Waals surface area (Å²) in [5.41, 5.74) is 0.619. The molecule has 0 aromatic heterocycles. The largest absolute Gasteiger partial charge is 0.480 e. The van der Waals surface area contributed by atoms with Crippen molar-refractivity contribution in [3.63, 3.8) is 0 Å². The molecular formula is C14H14N2O3. The number of carbonyl (C=O) groups excluding carboxylic acids is 1. The summed E-state index contributed by atoms with van der Waals surface area (Å²) in [6.07, 6.45) is 0. The van der Waals surface area contributed by atoms with E-state index >= 15 is 0 Å². The number of nitrogens with one attached hydrogen (secondary N) is 2. The van der Waals surface area contributed by atoms with Crippen LogP contribution in [0.5, 0.6) is 0 Å². The minimum absolute atomic E-state index is 0.537. The zero-order valence-electron chi connectivity index (χ0n) is 10.4. The monoisotopic (exact) mass is 258 g/mol. The zero-order chi connectivity index (χ0) is 13.8. The number of urea groups is 1. The molecule has 2 amide bonds. The third kappa shape index (κ3) is 3.22. The fourth-order valence-corrected chi connectivity index (χ4v) is 1.69. The lowest BCUT2D eigenvalue weighted by atomic mass is 10.1. The quantitative estimate of drug-likeness (QED) is 0.791. The van der Waals surface area contributed by atoms with Crippen LogP contribution in [0.4, 0.5) is 10.5 Å². The standard InChI is InChI=1S/C14H14N2O3/c1-9(13(17)18)15-14(19)16-12-7-6-10-4-2-3-5-11(10)8-12/h2-9H,1H3,(H,17,18)(H2,15,16,19)/t9-/m0/s1. The number of rotatable bonds is 3. The fraction of sp³-hybridized carbons (Fsp3) is 0.143. The van der Waals surface area contributed by atoms with Gasteiger partial charge in [-0.25, -0.2) is 4.79 Å². The van der Waals surface area contributed by atoms with Crippen LogP contribution in [0.25, 0.3) is 10.8 Å². The van der Waals surface area contributed by atoms with Gasteiger partial charge in [-0.2, -0.15) is 0 Å². The van der Waals surface area contributed by atoms with Gasteiger partial charge in [0.2, 0.25) is 0 Å².